The van der Waals surface area contributed by atoms with E-state index in [1.807, 2.05) is 30.3 Å². The fraction of sp³-hybridized carbons (Fsp3) is 0.462. The van der Waals surface area contributed by atoms with Crippen LogP contribution in [0, 0.1) is 0 Å². The lowest BCUT2D eigenvalue weighted by molar-refractivity contribution is -0.178. The molecular weight excluding hydrogens is 220 g/mol. The smallest absolute Gasteiger partial charge is 0.310 e. The van der Waals surface area contributed by atoms with Gasteiger partial charge in [0.05, 0.1) is 20.1 Å². The van der Waals surface area contributed by atoms with Crippen LogP contribution >= 0.6 is 0 Å². The first kappa shape index (κ1) is 12.1. The highest BCUT2D eigenvalue weighted by Gasteiger charge is 2.39. The minimum atomic E-state index is -0.881. The maximum absolute atomic E-state index is 11.2. The summed E-state index contributed by atoms with van der Waals surface area (Å²) in [4.78, 5) is 11.2. The van der Waals surface area contributed by atoms with Crippen molar-refractivity contribution in [1.29, 1.82) is 0 Å². The third kappa shape index (κ3) is 2.84. The fourth-order valence-electron chi connectivity index (χ4n) is 1.88. The van der Waals surface area contributed by atoms with Gasteiger partial charge in [-0.2, -0.15) is 0 Å². The number of rotatable bonds is 3. The van der Waals surface area contributed by atoms with Crippen LogP contribution in [-0.4, -0.2) is 25.5 Å². The summed E-state index contributed by atoms with van der Waals surface area (Å²) in [6.07, 6.45) is -0.0156. The molecule has 0 aliphatic carbocycles. The maximum Gasteiger partial charge on any atom is 0.310 e. The number of methoxy groups -OCH3 is 1. The minimum Gasteiger partial charge on any atom is -0.469 e. The lowest BCUT2D eigenvalue weighted by Gasteiger charge is -2.21. The van der Waals surface area contributed by atoms with Gasteiger partial charge in [-0.3, -0.25) is 4.79 Å². The first-order chi connectivity index (χ1) is 8.13. The van der Waals surface area contributed by atoms with Gasteiger partial charge in [0.2, 0.25) is 0 Å². The lowest BCUT2D eigenvalue weighted by Crippen LogP contribution is -2.29. The summed E-state index contributed by atoms with van der Waals surface area (Å²) in [5.41, 5.74) is 1.06. The van der Waals surface area contributed by atoms with Gasteiger partial charge in [-0.25, -0.2) is 0 Å². The summed E-state index contributed by atoms with van der Waals surface area (Å²) in [6, 6.07) is 9.83. The normalized spacial score (nSPS) is 28.0. The SMILES string of the molecule is COC(=O)C[C@@]1(C)OC[C@H](c2ccccc2)O1. The summed E-state index contributed by atoms with van der Waals surface area (Å²) >= 11 is 0. The third-order valence-electron chi connectivity index (χ3n) is 2.80. The molecule has 92 valence electrons. The van der Waals surface area contributed by atoms with Gasteiger partial charge in [-0.1, -0.05) is 30.3 Å². The molecule has 1 saturated heterocycles. The van der Waals surface area contributed by atoms with Gasteiger partial charge >= 0.3 is 5.97 Å². The molecule has 4 nitrogen and oxygen atoms in total. The second-order valence-electron chi connectivity index (χ2n) is 4.21. The summed E-state index contributed by atoms with van der Waals surface area (Å²) in [5, 5.41) is 0. The highest BCUT2D eigenvalue weighted by molar-refractivity contribution is 5.70. The second kappa shape index (κ2) is 4.85. The lowest BCUT2D eigenvalue weighted by atomic mass is 10.1. The molecule has 2 atom stereocenters. The van der Waals surface area contributed by atoms with Crippen molar-refractivity contribution < 1.29 is 19.0 Å². The molecule has 1 aliphatic rings. The molecule has 1 heterocycles. The quantitative estimate of drug-likeness (QED) is 0.753. The Balaban J connectivity index is 2.02. The van der Waals surface area contributed by atoms with Crippen molar-refractivity contribution in [1.82, 2.24) is 0 Å². The van der Waals surface area contributed by atoms with Crippen molar-refractivity contribution in [2.45, 2.75) is 25.2 Å². The van der Waals surface area contributed by atoms with E-state index in [9.17, 15) is 4.79 Å². The Morgan fingerprint density at radius 2 is 2.18 bits per heavy atom. The Hall–Kier alpha value is -1.39. The van der Waals surface area contributed by atoms with Crippen LogP contribution in [0.25, 0.3) is 0 Å². The summed E-state index contributed by atoms with van der Waals surface area (Å²) < 4.78 is 16.0. The average molecular weight is 236 g/mol. The molecule has 0 N–H and O–H groups in total. The Bertz CT molecular complexity index is 390. The zero-order valence-corrected chi connectivity index (χ0v) is 10.0. The standard InChI is InChI=1S/C13H16O4/c1-13(8-12(14)15-2)16-9-11(17-13)10-6-4-3-5-7-10/h3-7,11H,8-9H2,1-2H3/t11-,13+/m1/s1. The molecule has 0 aromatic heterocycles. The molecule has 2 rings (SSSR count). The monoisotopic (exact) mass is 236 g/mol. The van der Waals surface area contributed by atoms with Crippen LogP contribution in [0.2, 0.25) is 0 Å². The van der Waals surface area contributed by atoms with Crippen LogP contribution in [0.3, 0.4) is 0 Å². The number of esters is 1. The van der Waals surface area contributed by atoms with Gasteiger partial charge in [0, 0.05) is 0 Å². The highest BCUT2D eigenvalue weighted by Crippen LogP contribution is 2.35. The van der Waals surface area contributed by atoms with Crippen molar-refractivity contribution in [2.75, 3.05) is 13.7 Å². The van der Waals surface area contributed by atoms with Crippen molar-refractivity contribution in [3.63, 3.8) is 0 Å². The summed E-state index contributed by atoms with van der Waals surface area (Å²) in [6.45, 7) is 2.21. The van der Waals surface area contributed by atoms with Crippen LogP contribution in [0.1, 0.15) is 25.0 Å². The summed E-state index contributed by atoms with van der Waals surface area (Å²) in [7, 11) is 1.36. The highest BCUT2D eigenvalue weighted by atomic mass is 16.7. The Morgan fingerprint density at radius 1 is 1.47 bits per heavy atom. The molecule has 1 fully saturated rings. The van der Waals surface area contributed by atoms with Crippen molar-refractivity contribution in [3.8, 4) is 0 Å². The number of hydrogen-bond donors (Lipinski definition) is 0. The van der Waals surface area contributed by atoms with Crippen LogP contribution in [0.4, 0.5) is 0 Å². The van der Waals surface area contributed by atoms with Gasteiger partial charge in [0.25, 0.3) is 0 Å². The van der Waals surface area contributed by atoms with E-state index in [1.54, 1.807) is 6.92 Å². The molecule has 0 unspecified atom stereocenters. The Morgan fingerprint density at radius 3 is 2.82 bits per heavy atom. The molecule has 1 aromatic rings. The van der Waals surface area contributed by atoms with Gasteiger partial charge in [-0.15, -0.1) is 0 Å². The number of ether oxygens (including phenoxy) is 3. The average Bonchev–Trinajstić information content (AvgIpc) is 2.72. The van der Waals surface area contributed by atoms with Gasteiger partial charge in [-0.05, 0) is 12.5 Å². The van der Waals surface area contributed by atoms with E-state index < -0.39 is 5.79 Å². The van der Waals surface area contributed by atoms with E-state index in [4.69, 9.17) is 9.47 Å². The predicted octanol–water partition coefficient (Wildman–Crippen LogP) is 2.05. The van der Waals surface area contributed by atoms with Crippen LogP contribution in [0.15, 0.2) is 30.3 Å². The molecule has 0 spiro atoms. The third-order valence-corrected chi connectivity index (χ3v) is 2.80. The Labute approximate surface area is 100 Å². The number of carbonyl (C=O) groups excluding carboxylic acids is 1. The first-order valence-electron chi connectivity index (χ1n) is 5.56. The molecule has 4 heteroatoms. The van der Waals surface area contributed by atoms with E-state index in [1.165, 1.54) is 7.11 Å². The Kier molecular flexibility index (Phi) is 3.45. The maximum atomic E-state index is 11.2. The first-order valence-corrected chi connectivity index (χ1v) is 5.56. The number of benzene rings is 1. The molecule has 0 bridgehead atoms. The summed E-state index contributed by atoms with van der Waals surface area (Å²) in [5.74, 6) is -1.21. The molecule has 17 heavy (non-hydrogen) atoms. The van der Waals surface area contributed by atoms with Crippen molar-refractivity contribution in [3.05, 3.63) is 35.9 Å². The van der Waals surface area contributed by atoms with E-state index in [2.05, 4.69) is 4.74 Å². The fourth-order valence-corrected chi connectivity index (χ4v) is 1.88. The largest absolute Gasteiger partial charge is 0.469 e. The second-order valence-corrected chi connectivity index (χ2v) is 4.21. The van der Waals surface area contributed by atoms with Crippen LogP contribution in [0.5, 0.6) is 0 Å². The van der Waals surface area contributed by atoms with Crippen LogP contribution in [-0.2, 0) is 19.0 Å². The predicted molar refractivity (Wildman–Crippen MR) is 61.3 cm³/mol. The van der Waals surface area contributed by atoms with Gasteiger partial charge in [0.1, 0.15) is 6.10 Å². The molecule has 0 radical (unpaired) electrons. The van der Waals surface area contributed by atoms with E-state index in [0.29, 0.717) is 6.61 Å². The zero-order valence-electron chi connectivity index (χ0n) is 10.0. The molecule has 0 saturated carbocycles. The van der Waals surface area contributed by atoms with Gasteiger partial charge < -0.3 is 14.2 Å². The topological polar surface area (TPSA) is 44.8 Å². The van der Waals surface area contributed by atoms with E-state index >= 15 is 0 Å². The van der Waals surface area contributed by atoms with Gasteiger partial charge in [0.15, 0.2) is 5.79 Å². The molecular formula is C13H16O4. The van der Waals surface area contributed by atoms with Crippen LogP contribution < -0.4 is 0 Å². The minimum absolute atomic E-state index is 0.104. The number of hydrogen-bond acceptors (Lipinski definition) is 4. The zero-order chi connectivity index (χ0) is 12.3. The van der Waals surface area contributed by atoms with Crippen molar-refractivity contribution in [2.24, 2.45) is 0 Å². The molecule has 1 aliphatic heterocycles. The van der Waals surface area contributed by atoms with Crippen molar-refractivity contribution >= 4 is 5.97 Å². The van der Waals surface area contributed by atoms with E-state index in [-0.39, 0.29) is 18.5 Å². The number of carbonyl (C=O) groups is 1. The molecule has 0 amide bonds. The molecule has 1 aromatic carbocycles. The van der Waals surface area contributed by atoms with E-state index in [0.717, 1.165) is 5.56 Å².